The molecular formula is C5H10FNOS. The number of hydrogen-bond acceptors (Lipinski definition) is 3. The zero-order chi connectivity index (χ0) is 6.91. The molecule has 0 aromatic heterocycles. The Morgan fingerprint density at radius 1 is 1.78 bits per heavy atom. The maximum atomic E-state index is 12.9. The van der Waals surface area contributed by atoms with E-state index in [0.29, 0.717) is 6.54 Å². The lowest BCUT2D eigenvalue weighted by Gasteiger charge is -2.35. The van der Waals surface area contributed by atoms with Crippen LogP contribution in [0.1, 0.15) is 0 Å². The fourth-order valence-electron chi connectivity index (χ4n) is 0.825. The lowest BCUT2D eigenvalue weighted by molar-refractivity contribution is -0.132. The van der Waals surface area contributed by atoms with Crippen molar-refractivity contribution in [1.29, 1.82) is 0 Å². The van der Waals surface area contributed by atoms with E-state index in [1.54, 1.807) is 7.05 Å². The Bertz CT molecular complexity index is 105. The molecule has 0 amide bonds. The highest BCUT2D eigenvalue weighted by Gasteiger charge is 2.39. The molecule has 1 aliphatic rings. The molecule has 2 nitrogen and oxygen atoms in total. The number of hydrogen-bond donors (Lipinski definition) is 1. The van der Waals surface area contributed by atoms with Gasteiger partial charge in [0.25, 0.3) is 0 Å². The third kappa shape index (κ3) is 1.81. The Labute approximate surface area is 59.5 Å². The van der Waals surface area contributed by atoms with Gasteiger partial charge in [-0.15, -0.1) is 0 Å². The van der Waals surface area contributed by atoms with Crippen LogP contribution in [0.2, 0.25) is 0 Å². The molecule has 0 aromatic carbocycles. The number of rotatable bonds is 2. The molecule has 0 atom stereocenters. The minimum atomic E-state index is -1.13. The summed E-state index contributed by atoms with van der Waals surface area (Å²) < 4.78 is 19.2. The second-order valence-corrected chi connectivity index (χ2v) is 3.14. The van der Waals surface area contributed by atoms with Gasteiger partial charge < -0.3 is 4.74 Å². The lowest BCUT2D eigenvalue weighted by atomic mass is 10.1. The smallest absolute Gasteiger partial charge is 0.170 e. The van der Waals surface area contributed by atoms with E-state index in [2.05, 4.69) is 12.8 Å². The highest BCUT2D eigenvalue weighted by molar-refractivity contribution is 7.77. The maximum Gasteiger partial charge on any atom is 0.170 e. The van der Waals surface area contributed by atoms with Crippen molar-refractivity contribution in [2.75, 3.05) is 26.8 Å². The average Bonchev–Trinajstić information content (AvgIpc) is 1.60. The molecule has 0 radical (unpaired) electrons. The third-order valence-corrected chi connectivity index (χ3v) is 1.38. The minimum Gasteiger partial charge on any atom is -0.375 e. The molecule has 9 heavy (non-hydrogen) atoms. The summed E-state index contributed by atoms with van der Waals surface area (Å²) in [7, 11) is 1.72. The van der Waals surface area contributed by atoms with Crippen molar-refractivity contribution < 1.29 is 9.13 Å². The fourth-order valence-corrected chi connectivity index (χ4v) is 1.08. The highest BCUT2D eigenvalue weighted by Crippen LogP contribution is 2.22. The van der Waals surface area contributed by atoms with Crippen molar-refractivity contribution >= 4 is 12.8 Å². The number of halogens is 1. The van der Waals surface area contributed by atoms with Gasteiger partial charge in [0, 0.05) is 6.54 Å². The van der Waals surface area contributed by atoms with E-state index in [9.17, 15) is 4.39 Å². The molecule has 0 unspecified atom stereocenters. The van der Waals surface area contributed by atoms with Crippen LogP contribution in [0.15, 0.2) is 0 Å². The van der Waals surface area contributed by atoms with Crippen molar-refractivity contribution in [2.45, 2.75) is 5.67 Å². The molecule has 1 rings (SSSR count). The summed E-state index contributed by atoms with van der Waals surface area (Å²) in [6, 6.07) is 0. The van der Waals surface area contributed by atoms with Crippen molar-refractivity contribution in [3.8, 4) is 0 Å². The molecule has 0 N–H and O–H groups in total. The van der Waals surface area contributed by atoms with Crippen LogP contribution in [0.5, 0.6) is 0 Å². The Hall–Kier alpha value is 0.200. The first-order valence-electron chi connectivity index (χ1n) is 2.79. The first-order valence-corrected chi connectivity index (χ1v) is 3.19. The molecule has 1 aliphatic heterocycles. The van der Waals surface area contributed by atoms with Crippen LogP contribution in [-0.2, 0) is 4.74 Å². The molecule has 1 saturated heterocycles. The van der Waals surface area contributed by atoms with Crippen LogP contribution < -0.4 is 0 Å². The molecule has 1 heterocycles. The molecule has 1 fully saturated rings. The van der Waals surface area contributed by atoms with E-state index in [1.807, 2.05) is 0 Å². The molecule has 0 saturated carbocycles. The summed E-state index contributed by atoms with van der Waals surface area (Å²) in [5, 5.41) is 0. The Kier molecular flexibility index (Phi) is 1.98. The summed E-state index contributed by atoms with van der Waals surface area (Å²) >= 11 is 3.92. The first-order chi connectivity index (χ1) is 4.12. The zero-order valence-electron chi connectivity index (χ0n) is 5.30. The molecule has 0 aliphatic carbocycles. The molecule has 0 spiro atoms. The number of alkyl halides is 1. The van der Waals surface area contributed by atoms with Gasteiger partial charge in [-0.1, -0.05) is 12.8 Å². The van der Waals surface area contributed by atoms with Crippen LogP contribution in [0.4, 0.5) is 4.39 Å². The third-order valence-electron chi connectivity index (χ3n) is 1.23. The molecule has 54 valence electrons. The summed E-state index contributed by atoms with van der Waals surface area (Å²) in [6.07, 6.45) is 0. The second kappa shape index (κ2) is 2.44. The van der Waals surface area contributed by atoms with Gasteiger partial charge in [-0.05, 0) is 7.05 Å². The molecular weight excluding hydrogens is 141 g/mol. The first kappa shape index (κ1) is 7.31. The fraction of sp³-hybridized carbons (Fsp3) is 1.00. The van der Waals surface area contributed by atoms with E-state index in [4.69, 9.17) is 4.74 Å². The number of ether oxygens (including phenoxy) is 1. The van der Waals surface area contributed by atoms with Gasteiger partial charge in [0.15, 0.2) is 5.67 Å². The average molecular weight is 151 g/mol. The SMILES string of the molecule is CN(S)CC1(F)COC1. The van der Waals surface area contributed by atoms with Gasteiger partial charge in [-0.25, -0.2) is 4.39 Å². The Morgan fingerprint density at radius 3 is 2.44 bits per heavy atom. The van der Waals surface area contributed by atoms with Gasteiger partial charge in [0.05, 0.1) is 13.2 Å². The highest BCUT2D eigenvalue weighted by atomic mass is 32.1. The summed E-state index contributed by atoms with van der Waals surface area (Å²) in [5.74, 6) is 0. The van der Waals surface area contributed by atoms with Crippen molar-refractivity contribution in [2.24, 2.45) is 0 Å². The maximum absolute atomic E-state index is 12.9. The molecule has 0 aromatic rings. The predicted octanol–water partition coefficient (Wildman–Crippen LogP) is 0.502. The summed E-state index contributed by atoms with van der Waals surface area (Å²) in [4.78, 5) is 0. The van der Waals surface area contributed by atoms with Gasteiger partial charge in [0.1, 0.15) is 0 Å². The monoisotopic (exact) mass is 151 g/mol. The van der Waals surface area contributed by atoms with Crippen LogP contribution in [0.3, 0.4) is 0 Å². The summed E-state index contributed by atoms with van der Waals surface area (Å²) in [5.41, 5.74) is -1.13. The quantitative estimate of drug-likeness (QED) is 0.577. The topological polar surface area (TPSA) is 12.5 Å². The predicted molar refractivity (Wildman–Crippen MR) is 36.3 cm³/mol. The Balaban J connectivity index is 2.24. The second-order valence-electron chi connectivity index (χ2n) is 2.46. The van der Waals surface area contributed by atoms with E-state index < -0.39 is 5.67 Å². The van der Waals surface area contributed by atoms with E-state index in [1.165, 1.54) is 4.31 Å². The van der Waals surface area contributed by atoms with Crippen molar-refractivity contribution in [1.82, 2.24) is 4.31 Å². The molecule has 4 heteroatoms. The van der Waals surface area contributed by atoms with Gasteiger partial charge in [-0.3, -0.25) is 4.31 Å². The van der Waals surface area contributed by atoms with E-state index >= 15 is 0 Å². The van der Waals surface area contributed by atoms with E-state index in [0.717, 1.165) is 0 Å². The van der Waals surface area contributed by atoms with Gasteiger partial charge in [0.2, 0.25) is 0 Å². The molecule has 0 bridgehead atoms. The lowest BCUT2D eigenvalue weighted by Crippen LogP contribution is -2.51. The normalized spacial score (nSPS) is 24.0. The summed E-state index contributed by atoms with van der Waals surface area (Å²) in [6.45, 7) is 0.784. The Morgan fingerprint density at radius 2 is 2.33 bits per heavy atom. The van der Waals surface area contributed by atoms with Crippen LogP contribution in [0, 0.1) is 0 Å². The number of thiol groups is 1. The van der Waals surface area contributed by atoms with E-state index in [-0.39, 0.29) is 13.2 Å². The van der Waals surface area contributed by atoms with Crippen LogP contribution in [0.25, 0.3) is 0 Å². The zero-order valence-corrected chi connectivity index (χ0v) is 6.20. The van der Waals surface area contributed by atoms with Crippen molar-refractivity contribution in [3.63, 3.8) is 0 Å². The van der Waals surface area contributed by atoms with Crippen LogP contribution in [-0.4, -0.2) is 36.8 Å². The largest absolute Gasteiger partial charge is 0.375 e. The van der Waals surface area contributed by atoms with Crippen LogP contribution >= 0.6 is 12.8 Å². The number of nitrogens with zero attached hydrogens (tertiary/aromatic N) is 1. The van der Waals surface area contributed by atoms with Gasteiger partial charge >= 0.3 is 0 Å². The minimum absolute atomic E-state index is 0.220. The van der Waals surface area contributed by atoms with Gasteiger partial charge in [-0.2, -0.15) is 0 Å². The standard InChI is InChI=1S/C5H10FNOS/c1-7(9)2-5(6)3-8-4-5/h9H,2-4H2,1H3. The van der Waals surface area contributed by atoms with Crippen molar-refractivity contribution in [3.05, 3.63) is 0 Å².